The molecule has 0 spiro atoms. The first-order valence-electron chi connectivity index (χ1n) is 10.9. The van der Waals surface area contributed by atoms with Gasteiger partial charge in [0.2, 0.25) is 5.91 Å². The minimum Gasteiger partial charge on any atom is -0.484 e. The summed E-state index contributed by atoms with van der Waals surface area (Å²) in [5.41, 5.74) is 2.13. The van der Waals surface area contributed by atoms with Gasteiger partial charge in [-0.25, -0.2) is 0 Å². The Bertz CT molecular complexity index is 831. The van der Waals surface area contributed by atoms with E-state index in [0.29, 0.717) is 12.3 Å². The Morgan fingerprint density at radius 1 is 1.07 bits per heavy atom. The largest absolute Gasteiger partial charge is 0.484 e. The van der Waals surface area contributed by atoms with Gasteiger partial charge in [-0.1, -0.05) is 67.3 Å². The highest BCUT2D eigenvalue weighted by molar-refractivity contribution is 5.88. The van der Waals surface area contributed by atoms with Gasteiger partial charge in [0, 0.05) is 12.6 Å². The van der Waals surface area contributed by atoms with Crippen LogP contribution in [0.3, 0.4) is 0 Å². The summed E-state index contributed by atoms with van der Waals surface area (Å²) in [5, 5.41) is 3.15. The molecule has 2 aromatic rings. The molecule has 30 heavy (non-hydrogen) atoms. The standard InChI is InChI=1S/C25H32N2O3/c1-19-10-9-11-21(16-19)17-27(24(28)18-30-23-14-7-4-8-15-23)20(2)25(29)26-22-12-5-3-6-13-22/h4,7-11,14-16,20,22H,3,5-6,12-13,17-18H2,1-2H3,(H,26,29). The van der Waals surface area contributed by atoms with Crippen molar-refractivity contribution in [2.45, 2.75) is 64.6 Å². The van der Waals surface area contributed by atoms with E-state index in [1.165, 1.54) is 6.42 Å². The molecule has 1 aliphatic rings. The van der Waals surface area contributed by atoms with Crippen molar-refractivity contribution in [1.82, 2.24) is 10.2 Å². The third-order valence-corrected chi connectivity index (χ3v) is 5.66. The van der Waals surface area contributed by atoms with Gasteiger partial charge in [0.15, 0.2) is 6.61 Å². The van der Waals surface area contributed by atoms with Crippen molar-refractivity contribution in [3.05, 3.63) is 65.7 Å². The van der Waals surface area contributed by atoms with E-state index in [2.05, 4.69) is 5.32 Å². The summed E-state index contributed by atoms with van der Waals surface area (Å²) in [6.07, 6.45) is 5.56. The molecule has 0 aliphatic heterocycles. The number of carbonyl (C=O) groups is 2. The number of hydrogen-bond acceptors (Lipinski definition) is 3. The van der Waals surface area contributed by atoms with Crippen LogP contribution in [0.4, 0.5) is 0 Å². The van der Waals surface area contributed by atoms with Crippen LogP contribution >= 0.6 is 0 Å². The van der Waals surface area contributed by atoms with E-state index in [1.807, 2.05) is 61.5 Å². The Morgan fingerprint density at radius 3 is 2.50 bits per heavy atom. The molecule has 1 saturated carbocycles. The molecule has 3 rings (SSSR count). The third kappa shape index (κ3) is 6.34. The molecule has 5 heteroatoms. The SMILES string of the molecule is Cc1cccc(CN(C(=O)COc2ccccc2)C(C)C(=O)NC2CCCCC2)c1. The number of para-hydroxylation sites is 1. The van der Waals surface area contributed by atoms with Crippen LogP contribution in [0.15, 0.2) is 54.6 Å². The van der Waals surface area contributed by atoms with Crippen molar-refractivity contribution in [3.8, 4) is 5.75 Å². The van der Waals surface area contributed by atoms with Crippen LogP contribution in [0.1, 0.15) is 50.2 Å². The number of nitrogens with one attached hydrogen (secondary N) is 1. The van der Waals surface area contributed by atoms with Crippen LogP contribution in [-0.4, -0.2) is 35.4 Å². The van der Waals surface area contributed by atoms with Crippen molar-refractivity contribution in [1.29, 1.82) is 0 Å². The van der Waals surface area contributed by atoms with Crippen LogP contribution < -0.4 is 10.1 Å². The van der Waals surface area contributed by atoms with Crippen molar-refractivity contribution < 1.29 is 14.3 Å². The second-order valence-electron chi connectivity index (χ2n) is 8.13. The smallest absolute Gasteiger partial charge is 0.261 e. The molecule has 1 unspecified atom stereocenters. The molecular weight excluding hydrogens is 376 g/mol. The minimum atomic E-state index is -0.570. The molecule has 0 radical (unpaired) electrons. The van der Waals surface area contributed by atoms with Crippen molar-refractivity contribution in [2.24, 2.45) is 0 Å². The van der Waals surface area contributed by atoms with Gasteiger partial charge in [-0.2, -0.15) is 0 Å². The van der Waals surface area contributed by atoms with Gasteiger partial charge in [-0.3, -0.25) is 9.59 Å². The molecule has 1 aliphatic carbocycles. The maximum Gasteiger partial charge on any atom is 0.261 e. The summed E-state index contributed by atoms with van der Waals surface area (Å²) in [6.45, 7) is 4.09. The van der Waals surface area contributed by atoms with Gasteiger partial charge in [-0.05, 0) is 44.4 Å². The summed E-state index contributed by atoms with van der Waals surface area (Å²) >= 11 is 0. The Labute approximate surface area is 179 Å². The summed E-state index contributed by atoms with van der Waals surface area (Å²) in [6, 6.07) is 16.9. The summed E-state index contributed by atoms with van der Waals surface area (Å²) in [4.78, 5) is 27.6. The topological polar surface area (TPSA) is 58.6 Å². The second kappa shape index (κ2) is 10.8. The number of amides is 2. The number of carbonyl (C=O) groups excluding carboxylic acids is 2. The minimum absolute atomic E-state index is 0.0948. The fourth-order valence-corrected chi connectivity index (χ4v) is 3.90. The lowest BCUT2D eigenvalue weighted by atomic mass is 9.95. The van der Waals surface area contributed by atoms with Crippen molar-refractivity contribution in [3.63, 3.8) is 0 Å². The van der Waals surface area contributed by atoms with Crippen LogP contribution in [0, 0.1) is 6.92 Å². The van der Waals surface area contributed by atoms with Gasteiger partial charge < -0.3 is 15.0 Å². The lowest BCUT2D eigenvalue weighted by Gasteiger charge is -2.31. The summed E-state index contributed by atoms with van der Waals surface area (Å²) in [7, 11) is 0. The summed E-state index contributed by atoms with van der Waals surface area (Å²) < 4.78 is 5.67. The number of rotatable bonds is 8. The van der Waals surface area contributed by atoms with Crippen molar-refractivity contribution >= 4 is 11.8 Å². The van der Waals surface area contributed by atoms with Gasteiger partial charge in [-0.15, -0.1) is 0 Å². The molecule has 1 N–H and O–H groups in total. The van der Waals surface area contributed by atoms with Gasteiger partial charge >= 0.3 is 0 Å². The van der Waals surface area contributed by atoms with E-state index in [4.69, 9.17) is 4.74 Å². The molecule has 2 amide bonds. The molecule has 1 atom stereocenters. The first kappa shape index (κ1) is 21.9. The molecule has 2 aromatic carbocycles. The molecule has 0 saturated heterocycles. The first-order valence-corrected chi connectivity index (χ1v) is 10.9. The zero-order valence-electron chi connectivity index (χ0n) is 18.0. The van der Waals surface area contributed by atoms with E-state index in [0.717, 1.165) is 36.8 Å². The molecular formula is C25H32N2O3. The molecule has 0 heterocycles. The summed E-state index contributed by atoms with van der Waals surface area (Å²) in [5.74, 6) is 0.343. The molecule has 0 bridgehead atoms. The maximum atomic E-state index is 13.1. The second-order valence-corrected chi connectivity index (χ2v) is 8.13. The first-order chi connectivity index (χ1) is 14.5. The van der Waals surface area contributed by atoms with Crippen LogP contribution in [-0.2, 0) is 16.1 Å². The van der Waals surface area contributed by atoms with Crippen LogP contribution in [0.2, 0.25) is 0 Å². The predicted octanol–water partition coefficient (Wildman–Crippen LogP) is 4.24. The number of benzene rings is 2. The number of ether oxygens (including phenoxy) is 1. The number of aryl methyl sites for hydroxylation is 1. The van der Waals surface area contributed by atoms with E-state index < -0.39 is 6.04 Å². The monoisotopic (exact) mass is 408 g/mol. The highest BCUT2D eigenvalue weighted by Crippen LogP contribution is 2.18. The van der Waals surface area contributed by atoms with Crippen LogP contribution in [0.25, 0.3) is 0 Å². The fourth-order valence-electron chi connectivity index (χ4n) is 3.90. The lowest BCUT2D eigenvalue weighted by Crippen LogP contribution is -2.51. The number of hydrogen-bond donors (Lipinski definition) is 1. The van der Waals surface area contributed by atoms with Gasteiger partial charge in [0.05, 0.1) is 0 Å². The molecule has 5 nitrogen and oxygen atoms in total. The molecule has 0 aromatic heterocycles. The predicted molar refractivity (Wildman–Crippen MR) is 118 cm³/mol. The number of nitrogens with zero attached hydrogens (tertiary/aromatic N) is 1. The van der Waals surface area contributed by atoms with E-state index in [-0.39, 0.29) is 24.5 Å². The molecule has 1 fully saturated rings. The van der Waals surface area contributed by atoms with Gasteiger partial charge in [0.1, 0.15) is 11.8 Å². The average molecular weight is 409 g/mol. The quantitative estimate of drug-likeness (QED) is 0.711. The third-order valence-electron chi connectivity index (χ3n) is 5.66. The van der Waals surface area contributed by atoms with Crippen LogP contribution in [0.5, 0.6) is 5.75 Å². The maximum absolute atomic E-state index is 13.1. The molecule has 160 valence electrons. The highest BCUT2D eigenvalue weighted by atomic mass is 16.5. The average Bonchev–Trinajstić information content (AvgIpc) is 2.77. The Hall–Kier alpha value is -2.82. The van der Waals surface area contributed by atoms with Gasteiger partial charge in [0.25, 0.3) is 5.91 Å². The highest BCUT2D eigenvalue weighted by Gasteiger charge is 2.28. The van der Waals surface area contributed by atoms with E-state index in [1.54, 1.807) is 11.8 Å². The van der Waals surface area contributed by atoms with E-state index in [9.17, 15) is 9.59 Å². The zero-order chi connectivity index (χ0) is 21.3. The normalized spacial score (nSPS) is 15.3. The Balaban J connectivity index is 1.69. The fraction of sp³-hybridized carbons (Fsp3) is 0.440. The van der Waals surface area contributed by atoms with E-state index >= 15 is 0 Å². The van der Waals surface area contributed by atoms with Crippen molar-refractivity contribution in [2.75, 3.05) is 6.61 Å². The zero-order valence-corrected chi connectivity index (χ0v) is 18.0. The Kier molecular flexibility index (Phi) is 7.89. The lowest BCUT2D eigenvalue weighted by molar-refractivity contribution is -0.142. The Morgan fingerprint density at radius 2 is 1.80 bits per heavy atom.